The van der Waals surface area contributed by atoms with Gasteiger partial charge in [-0.25, -0.2) is 0 Å². The maximum absolute atomic E-state index is 2.63. The van der Waals surface area contributed by atoms with Gasteiger partial charge in [-0.2, -0.15) is 0 Å². The second-order valence-corrected chi connectivity index (χ2v) is 13.4. The highest BCUT2D eigenvalue weighted by molar-refractivity contribution is 5.90. The summed E-state index contributed by atoms with van der Waals surface area (Å²) in [4.78, 5) is 2.63. The van der Waals surface area contributed by atoms with Gasteiger partial charge in [0.15, 0.2) is 0 Å². The summed E-state index contributed by atoms with van der Waals surface area (Å²) in [5, 5.41) is 0. The lowest BCUT2D eigenvalue weighted by Gasteiger charge is -2.38. The van der Waals surface area contributed by atoms with E-state index >= 15 is 0 Å². The van der Waals surface area contributed by atoms with E-state index < -0.39 is 0 Å². The molecule has 38 heavy (non-hydrogen) atoms. The molecule has 1 nitrogen and oxygen atoms in total. The summed E-state index contributed by atoms with van der Waals surface area (Å²) >= 11 is 0. The Bertz CT molecular complexity index is 1480. The van der Waals surface area contributed by atoms with Crippen molar-refractivity contribution in [1.29, 1.82) is 0 Å². The first-order valence-electron chi connectivity index (χ1n) is 14.1. The van der Waals surface area contributed by atoms with Crippen molar-refractivity contribution in [3.63, 3.8) is 0 Å². The number of hydrogen-bond donors (Lipinski definition) is 0. The quantitative estimate of drug-likeness (QED) is 0.269. The molecule has 0 amide bonds. The van der Waals surface area contributed by atoms with Crippen LogP contribution in [0.5, 0.6) is 0 Å². The number of anilines is 2. The Morgan fingerprint density at radius 1 is 0.632 bits per heavy atom. The molecule has 0 saturated carbocycles. The van der Waals surface area contributed by atoms with Crippen molar-refractivity contribution < 1.29 is 0 Å². The van der Waals surface area contributed by atoms with Crippen LogP contribution in [0.1, 0.15) is 84.6 Å². The minimum Gasteiger partial charge on any atom is -0.341 e. The summed E-state index contributed by atoms with van der Waals surface area (Å²) in [5.41, 5.74) is 13.6. The fourth-order valence-corrected chi connectivity index (χ4v) is 6.38. The average molecular weight is 502 g/mol. The number of fused-ring (bicyclic) bond motifs is 3. The van der Waals surface area contributed by atoms with Crippen LogP contribution in [0.15, 0.2) is 84.9 Å². The average Bonchev–Trinajstić information content (AvgIpc) is 3.11. The van der Waals surface area contributed by atoms with E-state index in [0.717, 1.165) is 6.54 Å². The van der Waals surface area contributed by atoms with Crippen LogP contribution in [0.25, 0.3) is 22.3 Å². The largest absolute Gasteiger partial charge is 0.341 e. The van der Waals surface area contributed by atoms with Crippen LogP contribution in [-0.2, 0) is 16.2 Å². The molecule has 0 atom stereocenters. The van der Waals surface area contributed by atoms with Crippen molar-refractivity contribution in [3.8, 4) is 22.3 Å². The zero-order chi connectivity index (χ0) is 27.5. The molecule has 0 radical (unpaired) electrons. The molecule has 4 aromatic carbocycles. The van der Waals surface area contributed by atoms with E-state index in [9.17, 15) is 0 Å². The van der Waals surface area contributed by atoms with Gasteiger partial charge in [0.25, 0.3) is 0 Å². The molecule has 5 rings (SSSR count). The van der Waals surface area contributed by atoms with Gasteiger partial charge in [0.1, 0.15) is 0 Å². The molecular formula is C37H43N. The molecule has 0 heterocycles. The molecular weight excluding hydrogens is 458 g/mol. The second kappa shape index (κ2) is 9.16. The van der Waals surface area contributed by atoms with E-state index in [4.69, 9.17) is 0 Å². The smallest absolute Gasteiger partial charge is 0.0496 e. The minimum atomic E-state index is -0.0884. The van der Waals surface area contributed by atoms with Crippen molar-refractivity contribution in [3.05, 3.63) is 107 Å². The maximum atomic E-state index is 2.63. The summed E-state index contributed by atoms with van der Waals surface area (Å²) in [6.45, 7) is 22.1. The predicted octanol–water partition coefficient (Wildman–Crippen LogP) is 10.4. The molecule has 0 saturated heterocycles. The van der Waals surface area contributed by atoms with Crippen LogP contribution < -0.4 is 4.90 Å². The Hall–Kier alpha value is -3.32. The number of benzene rings is 4. The van der Waals surface area contributed by atoms with E-state index in [-0.39, 0.29) is 16.2 Å². The van der Waals surface area contributed by atoms with Crippen LogP contribution in [-0.4, -0.2) is 6.54 Å². The fraction of sp³-hybridized carbons (Fsp3) is 0.351. The highest BCUT2D eigenvalue weighted by Gasteiger charge is 2.41. The summed E-state index contributed by atoms with van der Waals surface area (Å²) in [7, 11) is 0. The first-order chi connectivity index (χ1) is 17.9. The van der Waals surface area contributed by atoms with E-state index in [2.05, 4.69) is 152 Å². The van der Waals surface area contributed by atoms with Crippen molar-refractivity contribution in [2.45, 2.75) is 78.6 Å². The summed E-state index contributed by atoms with van der Waals surface area (Å²) in [6, 6.07) is 31.6. The Morgan fingerprint density at radius 2 is 1.24 bits per heavy atom. The zero-order valence-corrected chi connectivity index (χ0v) is 24.7. The number of rotatable bonds is 4. The van der Waals surface area contributed by atoms with E-state index in [1.165, 1.54) is 55.9 Å². The van der Waals surface area contributed by atoms with E-state index in [1.54, 1.807) is 0 Å². The monoisotopic (exact) mass is 501 g/mol. The molecule has 4 aromatic rings. The second-order valence-electron chi connectivity index (χ2n) is 13.4. The van der Waals surface area contributed by atoms with Crippen molar-refractivity contribution in [2.24, 2.45) is 0 Å². The normalized spacial score (nSPS) is 14.2. The molecule has 0 aromatic heterocycles. The van der Waals surface area contributed by atoms with Crippen molar-refractivity contribution in [2.75, 3.05) is 11.4 Å². The summed E-state index contributed by atoms with van der Waals surface area (Å²) in [5.74, 6) is 0. The molecule has 1 aliphatic carbocycles. The van der Waals surface area contributed by atoms with Gasteiger partial charge in [0.05, 0.1) is 0 Å². The van der Waals surface area contributed by atoms with Crippen LogP contribution in [0.4, 0.5) is 11.4 Å². The van der Waals surface area contributed by atoms with Gasteiger partial charge in [0, 0.05) is 23.3 Å². The van der Waals surface area contributed by atoms with Gasteiger partial charge in [0.2, 0.25) is 0 Å². The number of hydrogen-bond acceptors (Lipinski definition) is 1. The third-order valence-corrected chi connectivity index (χ3v) is 8.29. The van der Waals surface area contributed by atoms with Crippen LogP contribution in [0.3, 0.4) is 0 Å². The molecule has 0 spiro atoms. The van der Waals surface area contributed by atoms with Crippen LogP contribution in [0, 0.1) is 0 Å². The van der Waals surface area contributed by atoms with Gasteiger partial charge in [-0.3, -0.25) is 0 Å². The zero-order valence-electron chi connectivity index (χ0n) is 24.7. The number of nitrogens with zero attached hydrogens (tertiary/aromatic N) is 1. The minimum absolute atomic E-state index is 0.00156. The third-order valence-electron chi connectivity index (χ3n) is 8.29. The molecule has 1 heteroatoms. The van der Waals surface area contributed by atoms with Crippen LogP contribution >= 0.6 is 0 Å². The maximum Gasteiger partial charge on any atom is 0.0496 e. The van der Waals surface area contributed by atoms with Gasteiger partial charge in [-0.05, 0) is 68.3 Å². The SMILES string of the molecule is CCN(c1cc(-c2ccccc2)ccc1C(C)(C)C)c1c(C(C)(C)C)ccc2c1C(C)(C)c1ccccc1-2. The van der Waals surface area contributed by atoms with Gasteiger partial charge >= 0.3 is 0 Å². The lowest BCUT2D eigenvalue weighted by Crippen LogP contribution is -2.29. The predicted molar refractivity (Wildman–Crippen MR) is 166 cm³/mol. The molecule has 0 unspecified atom stereocenters. The summed E-state index contributed by atoms with van der Waals surface area (Å²) in [6.07, 6.45) is 0. The Balaban J connectivity index is 1.85. The summed E-state index contributed by atoms with van der Waals surface area (Å²) < 4.78 is 0. The van der Waals surface area contributed by atoms with Crippen molar-refractivity contribution >= 4 is 11.4 Å². The lowest BCUT2D eigenvalue weighted by molar-refractivity contribution is 0.580. The topological polar surface area (TPSA) is 3.24 Å². The van der Waals surface area contributed by atoms with Gasteiger partial charge in [-0.1, -0.05) is 134 Å². The van der Waals surface area contributed by atoms with Gasteiger partial charge in [-0.15, -0.1) is 0 Å². The Kier molecular flexibility index (Phi) is 6.33. The lowest BCUT2D eigenvalue weighted by atomic mass is 9.76. The molecule has 1 aliphatic rings. The third kappa shape index (κ3) is 4.27. The highest BCUT2D eigenvalue weighted by Crippen LogP contribution is 2.56. The van der Waals surface area contributed by atoms with Crippen molar-refractivity contribution in [1.82, 2.24) is 0 Å². The van der Waals surface area contributed by atoms with E-state index in [0.29, 0.717) is 0 Å². The molecule has 0 fully saturated rings. The van der Waals surface area contributed by atoms with Crippen LogP contribution in [0.2, 0.25) is 0 Å². The Morgan fingerprint density at radius 3 is 1.87 bits per heavy atom. The first kappa shape index (κ1) is 26.3. The van der Waals surface area contributed by atoms with E-state index in [1.807, 2.05) is 0 Å². The standard InChI is InChI=1S/C37H43N/c1-10-38(32-24-26(25-16-12-11-13-17-25)20-22-30(32)35(2,3)4)34-31(36(5,6)7)23-21-28-27-18-14-15-19-29(27)37(8,9)33(28)34/h11-24H,10H2,1-9H3. The highest BCUT2D eigenvalue weighted by atomic mass is 15.1. The fourth-order valence-electron chi connectivity index (χ4n) is 6.38. The first-order valence-corrected chi connectivity index (χ1v) is 14.1. The molecule has 0 aliphatic heterocycles. The molecule has 196 valence electrons. The molecule has 0 bridgehead atoms. The van der Waals surface area contributed by atoms with Gasteiger partial charge < -0.3 is 4.90 Å². The Labute approximate surface area is 230 Å². The molecule has 0 N–H and O–H groups in total.